The van der Waals surface area contributed by atoms with Crippen LogP contribution in [0, 0.1) is 18.6 Å². The fourth-order valence-electron chi connectivity index (χ4n) is 2.41. The van der Waals surface area contributed by atoms with Gasteiger partial charge >= 0.3 is 0 Å². The molecule has 1 amide bonds. The summed E-state index contributed by atoms with van der Waals surface area (Å²) in [6.07, 6.45) is 2.12. The van der Waals surface area contributed by atoms with Crippen LogP contribution in [0.5, 0.6) is 0 Å². The first kappa shape index (κ1) is 14.5. The Labute approximate surface area is 127 Å². The Kier molecular flexibility index (Phi) is 3.56. The summed E-state index contributed by atoms with van der Waals surface area (Å²) in [6, 6.07) is 6.98. The van der Waals surface area contributed by atoms with Gasteiger partial charge in [-0.1, -0.05) is 6.07 Å². The maximum Gasteiger partial charge on any atom is 0.258 e. The third-order valence-electron chi connectivity index (χ3n) is 3.95. The number of anilines is 2. The number of nitrogens with one attached hydrogen (secondary N) is 1. The van der Waals surface area contributed by atoms with E-state index in [9.17, 15) is 13.6 Å². The second-order valence-electron chi connectivity index (χ2n) is 5.64. The molecule has 2 aromatic rings. The van der Waals surface area contributed by atoms with Crippen molar-refractivity contribution in [3.05, 3.63) is 58.7 Å². The average molecular weight is 302 g/mol. The molecule has 3 N–H and O–H groups in total. The smallest absolute Gasteiger partial charge is 0.258 e. The SMILES string of the molecule is Cc1c(N)cc(F)cc1NC(=O)c1ccc(C2CC2)cc1F. The molecular weight excluding hydrogens is 286 g/mol. The van der Waals surface area contributed by atoms with Crippen LogP contribution >= 0.6 is 0 Å². The Bertz CT molecular complexity index is 755. The van der Waals surface area contributed by atoms with E-state index >= 15 is 0 Å². The van der Waals surface area contributed by atoms with Gasteiger partial charge in [-0.15, -0.1) is 0 Å². The molecule has 2 aromatic carbocycles. The summed E-state index contributed by atoms with van der Waals surface area (Å²) in [6.45, 7) is 1.66. The Morgan fingerprint density at radius 2 is 1.95 bits per heavy atom. The molecule has 0 heterocycles. The number of hydrogen-bond acceptors (Lipinski definition) is 2. The number of halogens is 2. The van der Waals surface area contributed by atoms with Gasteiger partial charge < -0.3 is 11.1 Å². The van der Waals surface area contributed by atoms with Gasteiger partial charge in [0.2, 0.25) is 0 Å². The molecule has 3 rings (SSSR count). The number of hydrogen-bond donors (Lipinski definition) is 2. The number of nitrogen functional groups attached to an aromatic ring is 1. The molecule has 1 fully saturated rings. The second kappa shape index (κ2) is 5.40. The lowest BCUT2D eigenvalue weighted by Crippen LogP contribution is -2.15. The minimum absolute atomic E-state index is 0.0633. The molecule has 5 heteroatoms. The third kappa shape index (κ3) is 2.79. The zero-order valence-corrected chi connectivity index (χ0v) is 12.1. The molecule has 0 atom stereocenters. The van der Waals surface area contributed by atoms with Crippen molar-refractivity contribution in [1.29, 1.82) is 0 Å². The summed E-state index contributed by atoms with van der Waals surface area (Å²) >= 11 is 0. The second-order valence-corrected chi connectivity index (χ2v) is 5.64. The van der Waals surface area contributed by atoms with E-state index in [1.165, 1.54) is 24.3 Å². The van der Waals surface area contributed by atoms with Crippen LogP contribution < -0.4 is 11.1 Å². The van der Waals surface area contributed by atoms with Gasteiger partial charge in [0, 0.05) is 11.4 Å². The van der Waals surface area contributed by atoms with Crippen LogP contribution in [0.4, 0.5) is 20.2 Å². The molecule has 0 bridgehead atoms. The number of carbonyl (C=O) groups is 1. The van der Waals surface area contributed by atoms with Crippen LogP contribution in [0.3, 0.4) is 0 Å². The van der Waals surface area contributed by atoms with Crippen molar-refractivity contribution in [2.45, 2.75) is 25.7 Å². The highest BCUT2D eigenvalue weighted by Crippen LogP contribution is 2.40. The number of benzene rings is 2. The lowest BCUT2D eigenvalue weighted by molar-refractivity contribution is 0.102. The van der Waals surface area contributed by atoms with Gasteiger partial charge in [-0.05, 0) is 61.1 Å². The van der Waals surface area contributed by atoms with Gasteiger partial charge in [0.1, 0.15) is 11.6 Å². The fourth-order valence-corrected chi connectivity index (χ4v) is 2.41. The van der Waals surface area contributed by atoms with Crippen LogP contribution in [0.2, 0.25) is 0 Å². The highest BCUT2D eigenvalue weighted by molar-refractivity contribution is 6.05. The van der Waals surface area contributed by atoms with Gasteiger partial charge in [0.05, 0.1) is 5.56 Å². The highest BCUT2D eigenvalue weighted by Gasteiger charge is 2.25. The van der Waals surface area contributed by atoms with Crippen LogP contribution in [0.25, 0.3) is 0 Å². The minimum Gasteiger partial charge on any atom is -0.398 e. The average Bonchev–Trinajstić information content (AvgIpc) is 3.28. The minimum atomic E-state index is -0.618. The summed E-state index contributed by atoms with van der Waals surface area (Å²) in [7, 11) is 0. The first-order valence-corrected chi connectivity index (χ1v) is 7.12. The molecule has 0 spiro atoms. The van der Waals surface area contributed by atoms with Crippen LogP contribution in [0.15, 0.2) is 30.3 Å². The highest BCUT2D eigenvalue weighted by atomic mass is 19.1. The Morgan fingerprint density at radius 1 is 1.23 bits per heavy atom. The lowest BCUT2D eigenvalue weighted by Gasteiger charge is -2.11. The van der Waals surface area contributed by atoms with E-state index in [4.69, 9.17) is 5.73 Å². The molecule has 1 aliphatic carbocycles. The van der Waals surface area contributed by atoms with E-state index in [2.05, 4.69) is 5.32 Å². The summed E-state index contributed by atoms with van der Waals surface area (Å²) < 4.78 is 27.5. The molecule has 0 radical (unpaired) electrons. The molecule has 0 saturated heterocycles. The summed E-state index contributed by atoms with van der Waals surface area (Å²) in [5, 5.41) is 2.51. The van der Waals surface area contributed by atoms with Crippen LogP contribution in [-0.2, 0) is 0 Å². The molecule has 114 valence electrons. The largest absolute Gasteiger partial charge is 0.398 e. The van der Waals surface area contributed by atoms with Gasteiger partial charge in [-0.3, -0.25) is 4.79 Å². The number of carbonyl (C=O) groups excluding carboxylic acids is 1. The van der Waals surface area contributed by atoms with Crippen LogP contribution in [-0.4, -0.2) is 5.91 Å². The Hall–Kier alpha value is -2.43. The van der Waals surface area contributed by atoms with Crippen molar-refractivity contribution in [2.75, 3.05) is 11.1 Å². The molecule has 0 unspecified atom stereocenters. The first-order valence-electron chi connectivity index (χ1n) is 7.12. The molecule has 1 aliphatic rings. The Morgan fingerprint density at radius 3 is 2.59 bits per heavy atom. The van der Waals surface area contributed by atoms with Crippen molar-refractivity contribution in [1.82, 2.24) is 0 Å². The predicted octanol–water partition coefficient (Wildman–Crippen LogP) is 3.99. The predicted molar refractivity (Wildman–Crippen MR) is 81.9 cm³/mol. The topological polar surface area (TPSA) is 55.1 Å². The number of nitrogens with two attached hydrogens (primary N) is 1. The fraction of sp³-hybridized carbons (Fsp3) is 0.235. The first-order chi connectivity index (χ1) is 10.5. The van der Waals surface area contributed by atoms with E-state index in [1.54, 1.807) is 13.0 Å². The monoisotopic (exact) mass is 302 g/mol. The normalized spacial score (nSPS) is 14.0. The maximum absolute atomic E-state index is 14.1. The van der Waals surface area contributed by atoms with E-state index < -0.39 is 17.5 Å². The summed E-state index contributed by atoms with van der Waals surface area (Å²) in [5.74, 6) is -1.32. The standard InChI is InChI=1S/C17H16F2N2O/c1-9-15(20)7-12(18)8-16(9)21-17(22)13-5-4-11(6-14(13)19)10-2-3-10/h4-8,10H,2-3,20H2,1H3,(H,21,22). The van der Waals surface area contributed by atoms with Crippen molar-refractivity contribution in [3.8, 4) is 0 Å². The molecule has 3 nitrogen and oxygen atoms in total. The Balaban J connectivity index is 1.85. The summed E-state index contributed by atoms with van der Waals surface area (Å²) in [5.41, 5.74) is 7.54. The maximum atomic E-state index is 14.1. The number of rotatable bonds is 3. The van der Waals surface area contributed by atoms with Crippen molar-refractivity contribution in [2.24, 2.45) is 0 Å². The number of amides is 1. The summed E-state index contributed by atoms with van der Waals surface area (Å²) in [4.78, 5) is 12.2. The zero-order chi connectivity index (χ0) is 15.9. The molecular formula is C17H16F2N2O. The van der Waals surface area contributed by atoms with Gasteiger partial charge in [0.25, 0.3) is 5.91 Å². The quantitative estimate of drug-likeness (QED) is 0.842. The molecule has 0 aromatic heterocycles. The molecule has 22 heavy (non-hydrogen) atoms. The van der Waals surface area contributed by atoms with Crippen molar-refractivity contribution in [3.63, 3.8) is 0 Å². The molecule has 0 aliphatic heterocycles. The van der Waals surface area contributed by atoms with Gasteiger partial charge in [-0.2, -0.15) is 0 Å². The van der Waals surface area contributed by atoms with E-state index in [0.717, 1.165) is 18.4 Å². The van der Waals surface area contributed by atoms with Crippen molar-refractivity contribution < 1.29 is 13.6 Å². The lowest BCUT2D eigenvalue weighted by atomic mass is 10.1. The van der Waals surface area contributed by atoms with Gasteiger partial charge in [-0.25, -0.2) is 8.78 Å². The van der Waals surface area contributed by atoms with E-state index in [1.807, 2.05) is 0 Å². The van der Waals surface area contributed by atoms with E-state index in [-0.39, 0.29) is 16.9 Å². The zero-order valence-electron chi connectivity index (χ0n) is 12.1. The third-order valence-corrected chi connectivity index (χ3v) is 3.95. The van der Waals surface area contributed by atoms with Crippen molar-refractivity contribution >= 4 is 17.3 Å². The van der Waals surface area contributed by atoms with Gasteiger partial charge in [0.15, 0.2) is 0 Å². The molecule has 1 saturated carbocycles. The van der Waals surface area contributed by atoms with E-state index in [0.29, 0.717) is 11.5 Å². The van der Waals surface area contributed by atoms with Crippen LogP contribution in [0.1, 0.15) is 40.2 Å².